The highest BCUT2D eigenvalue weighted by Gasteiger charge is 2.07. The first-order valence-electron chi connectivity index (χ1n) is 6.46. The third kappa shape index (κ3) is 4.80. The van der Waals surface area contributed by atoms with Crippen LogP contribution in [-0.2, 0) is 11.2 Å². The molecule has 2 rings (SSSR count). The Bertz CT molecular complexity index is 595. The fourth-order valence-corrected chi connectivity index (χ4v) is 1.80. The summed E-state index contributed by atoms with van der Waals surface area (Å²) in [5.74, 6) is -0.142. The minimum absolute atomic E-state index is 0.0883. The van der Waals surface area contributed by atoms with E-state index in [0.29, 0.717) is 17.1 Å². The van der Waals surface area contributed by atoms with Crippen molar-refractivity contribution in [3.05, 3.63) is 59.9 Å². The van der Waals surface area contributed by atoms with Gasteiger partial charge in [0.2, 0.25) is 0 Å². The van der Waals surface area contributed by atoms with Crippen LogP contribution in [0.15, 0.2) is 48.5 Å². The fraction of sp³-hybridized carbons (Fsp3) is 0.188. The number of carboxylic acid groups (broad SMARTS) is 1. The Morgan fingerprint density at radius 1 is 1.00 bits per heavy atom. The average Bonchev–Trinajstić information content (AvgIpc) is 2.46. The Morgan fingerprint density at radius 3 is 2.38 bits per heavy atom. The van der Waals surface area contributed by atoms with E-state index in [1.807, 2.05) is 0 Å². The summed E-state index contributed by atoms with van der Waals surface area (Å²) >= 11 is 0. The van der Waals surface area contributed by atoms with Crippen LogP contribution in [0.5, 0.6) is 11.5 Å². The molecule has 0 aliphatic heterocycles. The number of para-hydroxylation sites is 1. The Morgan fingerprint density at radius 2 is 1.67 bits per heavy atom. The lowest BCUT2D eigenvalue weighted by Crippen LogP contribution is -2.11. The van der Waals surface area contributed by atoms with Gasteiger partial charge in [-0.3, -0.25) is 4.79 Å². The van der Waals surface area contributed by atoms with Gasteiger partial charge in [-0.2, -0.15) is 0 Å². The van der Waals surface area contributed by atoms with Gasteiger partial charge in [-0.1, -0.05) is 18.2 Å². The first-order valence-corrected chi connectivity index (χ1v) is 6.46. The van der Waals surface area contributed by atoms with Crippen molar-refractivity contribution >= 4 is 5.97 Å². The Kier molecular flexibility index (Phi) is 5.15. The molecule has 0 atom stereocenters. The summed E-state index contributed by atoms with van der Waals surface area (Å²) in [6.07, 6.45) is -0.0883. The lowest BCUT2D eigenvalue weighted by molar-refractivity contribution is -0.136. The summed E-state index contributed by atoms with van der Waals surface area (Å²) in [5, 5.41) is 8.82. The molecule has 4 nitrogen and oxygen atoms in total. The SMILES string of the molecule is O=C(O)Cc1ccccc1OCCOc1ccc(F)cc1. The van der Waals surface area contributed by atoms with Crippen LogP contribution < -0.4 is 9.47 Å². The van der Waals surface area contributed by atoms with Crippen molar-refractivity contribution in [1.82, 2.24) is 0 Å². The van der Waals surface area contributed by atoms with Gasteiger partial charge in [0.25, 0.3) is 0 Å². The maximum absolute atomic E-state index is 12.7. The minimum atomic E-state index is -0.909. The van der Waals surface area contributed by atoms with E-state index >= 15 is 0 Å². The number of rotatable bonds is 7. The van der Waals surface area contributed by atoms with Crippen LogP contribution in [0, 0.1) is 5.82 Å². The van der Waals surface area contributed by atoms with Gasteiger partial charge in [-0.05, 0) is 30.3 Å². The van der Waals surface area contributed by atoms with Crippen molar-refractivity contribution in [3.8, 4) is 11.5 Å². The third-order valence-electron chi connectivity index (χ3n) is 2.74. The molecule has 0 radical (unpaired) electrons. The van der Waals surface area contributed by atoms with Gasteiger partial charge < -0.3 is 14.6 Å². The van der Waals surface area contributed by atoms with Gasteiger partial charge in [0, 0.05) is 5.56 Å². The summed E-state index contributed by atoms with van der Waals surface area (Å²) in [5.41, 5.74) is 0.617. The van der Waals surface area contributed by atoms with Gasteiger partial charge in [-0.15, -0.1) is 0 Å². The Balaban J connectivity index is 1.83. The molecule has 110 valence electrons. The molecule has 2 aromatic rings. The molecule has 2 aromatic carbocycles. The number of aliphatic carboxylic acids is 1. The smallest absolute Gasteiger partial charge is 0.307 e. The largest absolute Gasteiger partial charge is 0.490 e. The van der Waals surface area contributed by atoms with Crippen LogP contribution in [0.3, 0.4) is 0 Å². The standard InChI is InChI=1S/C16H15FO4/c17-13-5-7-14(8-6-13)20-9-10-21-15-4-2-1-3-12(15)11-16(18)19/h1-8H,9-11H2,(H,18,19). The van der Waals surface area contributed by atoms with Crippen molar-refractivity contribution in [2.45, 2.75) is 6.42 Å². The number of ether oxygens (including phenoxy) is 2. The van der Waals surface area contributed by atoms with E-state index in [1.54, 1.807) is 24.3 Å². The summed E-state index contributed by atoms with van der Waals surface area (Å²) in [6, 6.07) is 12.7. The highest BCUT2D eigenvalue weighted by molar-refractivity contribution is 5.71. The molecule has 0 spiro atoms. The van der Waals surface area contributed by atoms with Gasteiger partial charge in [0.1, 0.15) is 30.5 Å². The Labute approximate surface area is 121 Å². The number of carboxylic acids is 1. The molecule has 0 fully saturated rings. The summed E-state index contributed by atoms with van der Waals surface area (Å²) < 4.78 is 23.6. The van der Waals surface area contributed by atoms with Gasteiger partial charge >= 0.3 is 5.97 Å². The number of hydrogen-bond donors (Lipinski definition) is 1. The second-order valence-corrected chi connectivity index (χ2v) is 4.33. The molecule has 0 unspecified atom stereocenters. The molecular formula is C16H15FO4. The average molecular weight is 290 g/mol. The quantitative estimate of drug-likeness (QED) is 0.797. The first-order chi connectivity index (χ1) is 10.1. The second-order valence-electron chi connectivity index (χ2n) is 4.33. The highest BCUT2D eigenvalue weighted by atomic mass is 19.1. The predicted octanol–water partition coefficient (Wildman–Crippen LogP) is 2.91. The van der Waals surface area contributed by atoms with Crippen molar-refractivity contribution in [2.24, 2.45) is 0 Å². The monoisotopic (exact) mass is 290 g/mol. The predicted molar refractivity (Wildman–Crippen MR) is 75.2 cm³/mol. The zero-order chi connectivity index (χ0) is 15.1. The third-order valence-corrected chi connectivity index (χ3v) is 2.74. The van der Waals surface area contributed by atoms with E-state index < -0.39 is 5.97 Å². The molecular weight excluding hydrogens is 275 g/mol. The second kappa shape index (κ2) is 7.28. The molecule has 0 saturated heterocycles. The van der Waals surface area contributed by atoms with Crippen LogP contribution in [0.4, 0.5) is 4.39 Å². The lowest BCUT2D eigenvalue weighted by atomic mass is 10.1. The van der Waals surface area contributed by atoms with Crippen molar-refractivity contribution in [1.29, 1.82) is 0 Å². The van der Waals surface area contributed by atoms with Crippen molar-refractivity contribution in [3.63, 3.8) is 0 Å². The summed E-state index contributed by atoms with van der Waals surface area (Å²) in [7, 11) is 0. The molecule has 5 heteroatoms. The number of carbonyl (C=O) groups is 1. The van der Waals surface area contributed by atoms with Gasteiger partial charge in [0.15, 0.2) is 0 Å². The lowest BCUT2D eigenvalue weighted by Gasteiger charge is -2.11. The molecule has 0 amide bonds. The van der Waals surface area contributed by atoms with Gasteiger partial charge in [-0.25, -0.2) is 4.39 Å². The number of benzene rings is 2. The topological polar surface area (TPSA) is 55.8 Å². The number of halogens is 1. The Hall–Kier alpha value is -2.56. The van der Waals surface area contributed by atoms with Crippen molar-refractivity contribution < 1.29 is 23.8 Å². The van der Waals surface area contributed by atoms with E-state index in [-0.39, 0.29) is 25.5 Å². The molecule has 0 saturated carbocycles. The molecule has 0 aromatic heterocycles. The van der Waals surface area contributed by atoms with Crippen LogP contribution in [0.1, 0.15) is 5.56 Å². The fourth-order valence-electron chi connectivity index (χ4n) is 1.80. The van der Waals surface area contributed by atoms with Crippen LogP contribution in [0.25, 0.3) is 0 Å². The van der Waals surface area contributed by atoms with E-state index in [4.69, 9.17) is 14.6 Å². The molecule has 0 aliphatic rings. The van der Waals surface area contributed by atoms with Crippen molar-refractivity contribution in [2.75, 3.05) is 13.2 Å². The number of hydrogen-bond acceptors (Lipinski definition) is 3. The molecule has 0 aliphatic carbocycles. The molecule has 0 heterocycles. The van der Waals surface area contributed by atoms with Crippen LogP contribution in [-0.4, -0.2) is 24.3 Å². The van der Waals surface area contributed by atoms with E-state index in [9.17, 15) is 9.18 Å². The molecule has 1 N–H and O–H groups in total. The zero-order valence-electron chi connectivity index (χ0n) is 11.3. The van der Waals surface area contributed by atoms with E-state index in [1.165, 1.54) is 24.3 Å². The first kappa shape index (κ1) is 14.8. The zero-order valence-corrected chi connectivity index (χ0v) is 11.3. The normalized spacial score (nSPS) is 10.1. The van der Waals surface area contributed by atoms with E-state index in [0.717, 1.165) is 0 Å². The highest BCUT2D eigenvalue weighted by Crippen LogP contribution is 2.18. The summed E-state index contributed by atoms with van der Waals surface area (Å²) in [4.78, 5) is 10.8. The minimum Gasteiger partial charge on any atom is -0.490 e. The maximum Gasteiger partial charge on any atom is 0.307 e. The van der Waals surface area contributed by atoms with Crippen LogP contribution >= 0.6 is 0 Å². The molecule has 0 bridgehead atoms. The maximum atomic E-state index is 12.7. The summed E-state index contributed by atoms with van der Waals surface area (Å²) in [6.45, 7) is 0.557. The van der Waals surface area contributed by atoms with E-state index in [2.05, 4.69) is 0 Å². The molecule has 21 heavy (non-hydrogen) atoms. The van der Waals surface area contributed by atoms with Gasteiger partial charge in [0.05, 0.1) is 6.42 Å². The van der Waals surface area contributed by atoms with Crippen LogP contribution in [0.2, 0.25) is 0 Å².